The molecule has 0 spiro atoms. The number of carbonyl (C=O) groups excluding carboxylic acids is 1. The maximum absolute atomic E-state index is 11.5. The lowest BCUT2D eigenvalue weighted by atomic mass is 10.1. The minimum absolute atomic E-state index is 0.171. The third-order valence-electron chi connectivity index (χ3n) is 3.55. The van der Waals surface area contributed by atoms with Crippen molar-refractivity contribution in [1.82, 2.24) is 14.9 Å². The summed E-state index contributed by atoms with van der Waals surface area (Å²) in [5.41, 5.74) is 6.15. The molecule has 0 aromatic carbocycles. The number of anilines is 1. The molecular weight excluding hydrogens is 278 g/mol. The second kappa shape index (κ2) is 6.37. The summed E-state index contributed by atoms with van der Waals surface area (Å²) in [6.45, 7) is 3.93. The van der Waals surface area contributed by atoms with Crippen molar-refractivity contribution >= 4 is 23.3 Å². The van der Waals surface area contributed by atoms with Gasteiger partial charge in [0.25, 0.3) is 5.91 Å². The SMILES string of the molecule is CCc1nc(C(N)=O)c(NC2CCN(C)CC2)nc1Cl. The Morgan fingerprint density at radius 1 is 1.45 bits per heavy atom. The maximum Gasteiger partial charge on any atom is 0.271 e. The number of nitrogens with two attached hydrogens (primary N) is 1. The second-order valence-corrected chi connectivity index (χ2v) is 5.46. The minimum atomic E-state index is -0.584. The minimum Gasteiger partial charge on any atom is -0.365 e. The summed E-state index contributed by atoms with van der Waals surface area (Å²) in [6, 6.07) is 0.266. The number of hydrogen-bond acceptors (Lipinski definition) is 5. The van der Waals surface area contributed by atoms with E-state index in [1.807, 2.05) is 6.92 Å². The largest absolute Gasteiger partial charge is 0.365 e. The first-order valence-electron chi connectivity index (χ1n) is 6.82. The van der Waals surface area contributed by atoms with E-state index >= 15 is 0 Å². The summed E-state index contributed by atoms with van der Waals surface area (Å²) < 4.78 is 0. The van der Waals surface area contributed by atoms with Crippen molar-refractivity contribution in [3.63, 3.8) is 0 Å². The Bertz CT molecular complexity index is 500. The highest BCUT2D eigenvalue weighted by molar-refractivity contribution is 6.30. The van der Waals surface area contributed by atoms with Gasteiger partial charge in [0.15, 0.2) is 16.7 Å². The molecule has 1 amide bonds. The van der Waals surface area contributed by atoms with E-state index in [1.54, 1.807) is 0 Å². The van der Waals surface area contributed by atoms with Gasteiger partial charge in [0.05, 0.1) is 5.69 Å². The Hall–Kier alpha value is -1.40. The van der Waals surface area contributed by atoms with Gasteiger partial charge >= 0.3 is 0 Å². The molecule has 6 nitrogen and oxygen atoms in total. The van der Waals surface area contributed by atoms with Gasteiger partial charge in [0.1, 0.15) is 0 Å². The average molecular weight is 298 g/mol. The summed E-state index contributed by atoms with van der Waals surface area (Å²) >= 11 is 6.07. The fourth-order valence-corrected chi connectivity index (χ4v) is 2.55. The predicted molar refractivity (Wildman–Crippen MR) is 79.1 cm³/mol. The van der Waals surface area contributed by atoms with Gasteiger partial charge in [-0.15, -0.1) is 0 Å². The Morgan fingerprint density at radius 2 is 2.10 bits per heavy atom. The van der Waals surface area contributed by atoms with Crippen LogP contribution in [0.25, 0.3) is 0 Å². The maximum atomic E-state index is 11.5. The summed E-state index contributed by atoms with van der Waals surface area (Å²) in [5, 5.41) is 3.58. The standard InChI is InChI=1S/C13H20ClN5O/c1-3-9-11(14)18-13(10(17-9)12(15)20)16-8-4-6-19(2)7-5-8/h8H,3-7H2,1-2H3,(H2,15,20)(H,16,18). The van der Waals surface area contributed by atoms with Crippen LogP contribution in [0.3, 0.4) is 0 Å². The molecule has 3 N–H and O–H groups in total. The van der Waals surface area contributed by atoms with Gasteiger partial charge in [-0.1, -0.05) is 18.5 Å². The second-order valence-electron chi connectivity index (χ2n) is 5.10. The van der Waals surface area contributed by atoms with Crippen molar-refractivity contribution in [3.05, 3.63) is 16.5 Å². The molecule has 1 aliphatic heterocycles. The van der Waals surface area contributed by atoms with Gasteiger partial charge < -0.3 is 16.0 Å². The lowest BCUT2D eigenvalue weighted by Crippen LogP contribution is -2.37. The van der Waals surface area contributed by atoms with Crippen LogP contribution in [0.1, 0.15) is 35.9 Å². The van der Waals surface area contributed by atoms with Crippen molar-refractivity contribution in [3.8, 4) is 0 Å². The fraction of sp³-hybridized carbons (Fsp3) is 0.615. The summed E-state index contributed by atoms with van der Waals surface area (Å²) in [4.78, 5) is 22.3. The van der Waals surface area contributed by atoms with Crippen molar-refractivity contribution in [1.29, 1.82) is 0 Å². The number of aromatic nitrogens is 2. The number of carbonyl (C=O) groups is 1. The Labute approximate surface area is 123 Å². The van der Waals surface area contributed by atoms with Gasteiger partial charge in [-0.25, -0.2) is 9.97 Å². The molecule has 0 atom stereocenters. The average Bonchev–Trinajstić information content (AvgIpc) is 2.41. The molecule has 2 heterocycles. The smallest absolute Gasteiger partial charge is 0.271 e. The van der Waals surface area contributed by atoms with Gasteiger partial charge in [0.2, 0.25) is 0 Å². The quantitative estimate of drug-likeness (QED) is 0.875. The zero-order valence-electron chi connectivity index (χ0n) is 11.8. The first-order valence-corrected chi connectivity index (χ1v) is 7.20. The Balaban J connectivity index is 2.21. The molecule has 1 aliphatic rings. The van der Waals surface area contributed by atoms with Gasteiger partial charge in [-0.3, -0.25) is 4.79 Å². The molecule has 1 fully saturated rings. The molecule has 0 saturated carbocycles. The van der Waals surface area contributed by atoms with E-state index in [0.29, 0.717) is 23.1 Å². The van der Waals surface area contributed by atoms with Gasteiger partial charge in [0, 0.05) is 6.04 Å². The molecule has 1 saturated heterocycles. The number of hydrogen-bond donors (Lipinski definition) is 2. The van der Waals surface area contributed by atoms with Crippen molar-refractivity contribution in [2.24, 2.45) is 5.73 Å². The van der Waals surface area contributed by atoms with Crippen LogP contribution in [-0.4, -0.2) is 47.0 Å². The molecule has 2 rings (SSSR count). The molecule has 1 aromatic rings. The summed E-state index contributed by atoms with van der Waals surface area (Å²) in [7, 11) is 2.10. The van der Waals surface area contributed by atoms with Crippen molar-refractivity contribution in [2.45, 2.75) is 32.2 Å². The van der Waals surface area contributed by atoms with E-state index in [4.69, 9.17) is 17.3 Å². The number of aryl methyl sites for hydroxylation is 1. The molecule has 110 valence electrons. The zero-order valence-corrected chi connectivity index (χ0v) is 12.6. The van der Waals surface area contributed by atoms with Gasteiger partial charge in [-0.2, -0.15) is 0 Å². The normalized spacial score (nSPS) is 17.1. The number of nitrogens with one attached hydrogen (secondary N) is 1. The van der Waals surface area contributed by atoms with E-state index in [9.17, 15) is 4.79 Å². The summed E-state index contributed by atoms with van der Waals surface area (Å²) in [5.74, 6) is -0.187. The van der Waals surface area contributed by atoms with Crippen molar-refractivity contribution in [2.75, 3.05) is 25.5 Å². The fourth-order valence-electron chi connectivity index (χ4n) is 2.29. The highest BCUT2D eigenvalue weighted by atomic mass is 35.5. The Kier molecular flexibility index (Phi) is 4.77. The van der Waals surface area contributed by atoms with E-state index in [1.165, 1.54) is 0 Å². The topological polar surface area (TPSA) is 84.1 Å². The molecule has 20 heavy (non-hydrogen) atoms. The van der Waals surface area contributed by atoms with E-state index < -0.39 is 5.91 Å². The van der Waals surface area contributed by atoms with Crippen LogP contribution < -0.4 is 11.1 Å². The number of rotatable bonds is 4. The molecule has 0 aliphatic carbocycles. The third kappa shape index (κ3) is 3.37. The molecule has 0 bridgehead atoms. The van der Waals surface area contributed by atoms with E-state index in [0.717, 1.165) is 25.9 Å². The monoisotopic (exact) mass is 297 g/mol. The lowest BCUT2D eigenvalue weighted by molar-refractivity contribution is 0.0995. The van der Waals surface area contributed by atoms with Crippen LogP contribution in [0, 0.1) is 0 Å². The summed E-state index contributed by atoms with van der Waals surface area (Å²) in [6.07, 6.45) is 2.59. The highest BCUT2D eigenvalue weighted by Crippen LogP contribution is 2.21. The number of nitrogens with zero attached hydrogens (tertiary/aromatic N) is 3. The predicted octanol–water partition coefficient (Wildman–Crippen LogP) is 1.30. The highest BCUT2D eigenvalue weighted by Gasteiger charge is 2.21. The van der Waals surface area contributed by atoms with Crippen molar-refractivity contribution < 1.29 is 4.79 Å². The first kappa shape index (κ1) is 15.0. The number of piperidine rings is 1. The first-order chi connectivity index (χ1) is 9.51. The number of halogens is 1. The Morgan fingerprint density at radius 3 is 2.65 bits per heavy atom. The van der Waals surface area contributed by atoms with E-state index in [-0.39, 0.29) is 11.7 Å². The van der Waals surface area contributed by atoms with Crippen LogP contribution in [-0.2, 0) is 6.42 Å². The molecular formula is C13H20ClN5O. The third-order valence-corrected chi connectivity index (χ3v) is 3.85. The number of likely N-dealkylation sites (tertiary alicyclic amines) is 1. The number of primary amides is 1. The number of amides is 1. The molecule has 0 unspecified atom stereocenters. The zero-order chi connectivity index (χ0) is 14.7. The van der Waals surface area contributed by atoms with Crippen LogP contribution in [0.2, 0.25) is 5.15 Å². The van der Waals surface area contributed by atoms with Crippen LogP contribution in [0.5, 0.6) is 0 Å². The molecule has 1 aromatic heterocycles. The van der Waals surface area contributed by atoms with E-state index in [2.05, 4.69) is 27.2 Å². The van der Waals surface area contributed by atoms with Crippen LogP contribution >= 0.6 is 11.6 Å². The van der Waals surface area contributed by atoms with Gasteiger partial charge in [-0.05, 0) is 39.4 Å². The van der Waals surface area contributed by atoms with Crippen LogP contribution in [0.15, 0.2) is 0 Å². The molecule has 7 heteroatoms. The van der Waals surface area contributed by atoms with Crippen LogP contribution in [0.4, 0.5) is 5.82 Å². The molecule has 0 radical (unpaired) electrons. The lowest BCUT2D eigenvalue weighted by Gasteiger charge is -2.30.